The van der Waals surface area contributed by atoms with Gasteiger partial charge in [-0.15, -0.1) is 0 Å². The Morgan fingerprint density at radius 1 is 0.957 bits per heavy atom. The molecule has 0 unspecified atom stereocenters. The molecule has 2 nitrogen and oxygen atoms in total. The van der Waals surface area contributed by atoms with Gasteiger partial charge in [0, 0.05) is 18.1 Å². The summed E-state index contributed by atoms with van der Waals surface area (Å²) in [6.45, 7) is 9.31. The zero-order valence-electron chi connectivity index (χ0n) is 13.8. The van der Waals surface area contributed by atoms with E-state index in [0.29, 0.717) is 12.9 Å². The van der Waals surface area contributed by atoms with E-state index in [1.54, 1.807) is 0 Å². The number of halogens is 2. The van der Waals surface area contributed by atoms with Gasteiger partial charge in [-0.3, -0.25) is 9.97 Å². The molecule has 0 spiro atoms. The van der Waals surface area contributed by atoms with Crippen molar-refractivity contribution >= 4 is 28.2 Å². The van der Waals surface area contributed by atoms with Crippen molar-refractivity contribution in [3.8, 4) is 11.4 Å². The molecule has 2 aromatic heterocycles. The van der Waals surface area contributed by atoms with E-state index in [1.807, 2.05) is 30.5 Å². The normalized spacial score (nSPS) is 11.0. The van der Waals surface area contributed by atoms with Crippen molar-refractivity contribution in [2.45, 2.75) is 45.2 Å². The van der Waals surface area contributed by atoms with Gasteiger partial charge in [0.25, 0.3) is 0 Å². The first kappa shape index (κ1) is 20.9. The summed E-state index contributed by atoms with van der Waals surface area (Å²) >= 11 is 0.382. The fraction of sp³-hybridized carbons (Fsp3) is 0.412. The molecular weight excluding hydrogens is 393 g/mol. The van der Waals surface area contributed by atoms with Gasteiger partial charge in [-0.2, -0.15) is 0 Å². The van der Waals surface area contributed by atoms with Crippen LogP contribution in [-0.4, -0.2) is 21.3 Å². The van der Waals surface area contributed by atoms with Crippen molar-refractivity contribution in [2.75, 3.05) is 0 Å². The zero-order chi connectivity index (χ0) is 17.2. The van der Waals surface area contributed by atoms with Gasteiger partial charge >= 0.3 is 33.2 Å². The summed E-state index contributed by atoms with van der Waals surface area (Å²) in [5.41, 5.74) is 4.61. The molecule has 0 saturated carbocycles. The van der Waals surface area contributed by atoms with Crippen LogP contribution >= 0.6 is 28.2 Å². The van der Waals surface area contributed by atoms with E-state index in [9.17, 15) is 0 Å². The topological polar surface area (TPSA) is 25.8 Å². The SMILES string of the molecule is CC(C)P(Cc1cccc(-c2ccccn2)n1)C(C)C.[Cl][Co][Cl]. The first-order chi connectivity index (χ1) is 11.0. The van der Waals surface area contributed by atoms with Crippen LogP contribution in [0.3, 0.4) is 0 Å². The average Bonchev–Trinajstić information content (AvgIpc) is 2.54. The van der Waals surface area contributed by atoms with Crippen molar-refractivity contribution in [2.24, 2.45) is 0 Å². The monoisotopic (exact) mass is 415 g/mol. The van der Waals surface area contributed by atoms with Crippen LogP contribution in [0, 0.1) is 0 Å². The van der Waals surface area contributed by atoms with Crippen LogP contribution in [0.15, 0.2) is 42.6 Å². The van der Waals surface area contributed by atoms with Gasteiger partial charge in [-0.05, 0) is 35.6 Å². The second kappa shape index (κ2) is 11.4. The number of aromatic nitrogens is 2. The minimum absolute atomic E-state index is 0.0191. The van der Waals surface area contributed by atoms with Crippen LogP contribution < -0.4 is 0 Å². The standard InChI is InChI=1S/C17H23N2P.2ClH.Co/c1-13(2)20(14(3)4)12-15-8-7-10-17(19-15)16-9-5-6-11-18-16;;;/h5-11,13-14H,12H2,1-4H3;2*1H;/q;;;+2/p-2. The van der Waals surface area contributed by atoms with E-state index in [4.69, 9.17) is 25.3 Å². The minimum atomic E-state index is -0.0191. The predicted molar refractivity (Wildman–Crippen MR) is 100 cm³/mol. The van der Waals surface area contributed by atoms with E-state index in [2.05, 4.69) is 44.8 Å². The molecule has 0 fully saturated rings. The van der Waals surface area contributed by atoms with Crippen molar-refractivity contribution in [1.29, 1.82) is 0 Å². The number of rotatable bonds is 5. The molecule has 23 heavy (non-hydrogen) atoms. The summed E-state index contributed by atoms with van der Waals surface area (Å²) in [6, 6.07) is 12.2. The number of nitrogens with zero attached hydrogens (tertiary/aromatic N) is 2. The van der Waals surface area contributed by atoms with E-state index in [0.717, 1.165) is 28.9 Å². The third-order valence-corrected chi connectivity index (χ3v) is 6.75. The number of pyridine rings is 2. The fourth-order valence-corrected chi connectivity index (χ4v) is 4.85. The first-order valence-electron chi connectivity index (χ1n) is 7.46. The Balaban J connectivity index is 0.000000816. The van der Waals surface area contributed by atoms with Gasteiger partial charge in [0.2, 0.25) is 0 Å². The zero-order valence-corrected chi connectivity index (χ0v) is 17.3. The molecule has 0 bridgehead atoms. The molecule has 2 rings (SSSR count). The Morgan fingerprint density at radius 2 is 1.57 bits per heavy atom. The molecule has 2 aromatic rings. The van der Waals surface area contributed by atoms with Gasteiger partial charge in [-0.1, -0.05) is 47.7 Å². The quantitative estimate of drug-likeness (QED) is 0.534. The Morgan fingerprint density at radius 3 is 2.09 bits per heavy atom. The van der Waals surface area contributed by atoms with Gasteiger partial charge in [0.05, 0.1) is 11.4 Å². The molecule has 0 atom stereocenters. The van der Waals surface area contributed by atoms with Crippen LogP contribution in [0.2, 0.25) is 0 Å². The molecule has 0 saturated heterocycles. The third kappa shape index (κ3) is 7.49. The van der Waals surface area contributed by atoms with E-state index >= 15 is 0 Å². The third-order valence-electron chi connectivity index (χ3n) is 3.41. The first-order valence-corrected chi connectivity index (χ1v) is 12.0. The van der Waals surface area contributed by atoms with Crippen molar-refractivity contribution in [3.63, 3.8) is 0 Å². The van der Waals surface area contributed by atoms with E-state index in [-0.39, 0.29) is 7.92 Å². The van der Waals surface area contributed by atoms with Crippen LogP contribution in [0.25, 0.3) is 11.4 Å². The molecule has 0 aliphatic heterocycles. The molecule has 2 heterocycles. The van der Waals surface area contributed by atoms with Crippen LogP contribution in [0.1, 0.15) is 33.4 Å². The fourth-order valence-electron chi connectivity index (χ4n) is 2.37. The number of hydrogen-bond donors (Lipinski definition) is 0. The molecule has 0 aromatic carbocycles. The maximum atomic E-state index is 4.80. The molecule has 0 N–H and O–H groups in total. The second-order valence-electron chi connectivity index (χ2n) is 5.64. The second-order valence-corrected chi connectivity index (χ2v) is 10.8. The molecule has 0 amide bonds. The van der Waals surface area contributed by atoms with E-state index < -0.39 is 0 Å². The van der Waals surface area contributed by atoms with Gasteiger partial charge in [-0.25, -0.2) is 0 Å². The van der Waals surface area contributed by atoms with Crippen LogP contribution in [0.4, 0.5) is 0 Å². The van der Waals surface area contributed by atoms with Crippen molar-refractivity contribution in [1.82, 2.24) is 9.97 Å². The van der Waals surface area contributed by atoms with Crippen molar-refractivity contribution in [3.05, 3.63) is 48.3 Å². The van der Waals surface area contributed by atoms with E-state index in [1.165, 1.54) is 5.69 Å². The van der Waals surface area contributed by atoms with Gasteiger partial charge in [0.1, 0.15) is 0 Å². The number of hydrogen-bond acceptors (Lipinski definition) is 2. The molecule has 0 aliphatic rings. The summed E-state index contributed by atoms with van der Waals surface area (Å²) in [4.78, 5) is 9.18. The molecule has 6 heteroatoms. The average molecular weight is 416 g/mol. The Bertz CT molecular complexity index is 560. The Labute approximate surface area is 155 Å². The van der Waals surface area contributed by atoms with Gasteiger partial charge in [0.15, 0.2) is 0 Å². The molecule has 0 aliphatic carbocycles. The van der Waals surface area contributed by atoms with Crippen LogP contribution in [-0.2, 0) is 19.1 Å². The van der Waals surface area contributed by atoms with Crippen molar-refractivity contribution < 1.29 is 12.9 Å². The summed E-state index contributed by atoms with van der Waals surface area (Å²) in [7, 11) is 9.45. The Kier molecular flexibility index (Phi) is 10.3. The summed E-state index contributed by atoms with van der Waals surface area (Å²) in [6.07, 6.45) is 2.92. The Hall–Kier alpha value is -0.184. The van der Waals surface area contributed by atoms with Crippen LogP contribution in [0.5, 0.6) is 0 Å². The molecule has 129 valence electrons. The molecular formula is C17H23Cl2CoN2P. The maximum absolute atomic E-state index is 4.80. The predicted octanol–water partition coefficient (Wildman–Crippen LogP) is 6.32. The van der Waals surface area contributed by atoms with Gasteiger partial charge < -0.3 is 0 Å². The summed E-state index contributed by atoms with van der Waals surface area (Å²) in [5.74, 6) is 0. The molecule has 0 radical (unpaired) electrons. The summed E-state index contributed by atoms with van der Waals surface area (Å²) in [5, 5.41) is 0. The summed E-state index contributed by atoms with van der Waals surface area (Å²) < 4.78 is 0.